The molecule has 0 saturated heterocycles. The Hall–Kier alpha value is -1.03. The zero-order valence-corrected chi connectivity index (χ0v) is 9.53. The van der Waals surface area contributed by atoms with Gasteiger partial charge in [0.1, 0.15) is 0 Å². The zero-order valence-electron chi connectivity index (χ0n) is 9.53. The summed E-state index contributed by atoms with van der Waals surface area (Å²) in [5, 5.41) is 9.10. The van der Waals surface area contributed by atoms with Gasteiger partial charge in [0.25, 0.3) is 6.92 Å². The number of nitrogen functional groups attached to an aromatic ring is 1. The van der Waals surface area contributed by atoms with E-state index in [1.54, 1.807) is 0 Å². The molecule has 82 valence electrons. The molecule has 0 radical (unpaired) electrons. The molecule has 3 nitrogen and oxygen atoms in total. The molecule has 0 saturated carbocycles. The highest BCUT2D eigenvalue weighted by Gasteiger charge is 2.02. The van der Waals surface area contributed by atoms with E-state index in [1.807, 2.05) is 26.0 Å². The van der Waals surface area contributed by atoms with Crippen LogP contribution in [0.5, 0.6) is 0 Å². The predicted molar refractivity (Wildman–Crippen MR) is 65.0 cm³/mol. The first-order valence-electron chi connectivity index (χ1n) is 5.48. The summed E-state index contributed by atoms with van der Waals surface area (Å²) in [6.07, 6.45) is 5.87. The van der Waals surface area contributed by atoms with Crippen molar-refractivity contribution < 1.29 is 5.02 Å². The van der Waals surface area contributed by atoms with Gasteiger partial charge in [-0.15, -0.1) is 0 Å². The van der Waals surface area contributed by atoms with Crippen molar-refractivity contribution in [2.24, 2.45) is 0 Å². The maximum Gasteiger partial charge on any atom is 0.285 e. The van der Waals surface area contributed by atoms with Gasteiger partial charge < -0.3 is 10.8 Å². The van der Waals surface area contributed by atoms with Gasteiger partial charge >= 0.3 is 0 Å². The number of hydrogen-bond acceptors (Lipinski definition) is 3. The van der Waals surface area contributed by atoms with Crippen molar-refractivity contribution in [3.8, 4) is 0 Å². The Morgan fingerprint density at radius 3 is 2.80 bits per heavy atom. The summed E-state index contributed by atoms with van der Waals surface area (Å²) in [7, 11) is 0. The second kappa shape index (κ2) is 5.76. The lowest BCUT2D eigenvalue weighted by atomic mass is 9.67. The zero-order chi connectivity index (χ0) is 11.3. The van der Waals surface area contributed by atoms with Crippen molar-refractivity contribution in [3.63, 3.8) is 0 Å². The average Bonchev–Trinajstić information content (AvgIpc) is 2.18. The average molecular weight is 206 g/mol. The minimum Gasteiger partial charge on any atom is -0.451 e. The van der Waals surface area contributed by atoms with Crippen LogP contribution >= 0.6 is 0 Å². The molecule has 0 unspecified atom stereocenters. The van der Waals surface area contributed by atoms with E-state index in [2.05, 4.69) is 4.98 Å². The van der Waals surface area contributed by atoms with Crippen molar-refractivity contribution in [2.45, 2.75) is 39.3 Å². The molecule has 0 fully saturated rings. The molecule has 1 aromatic rings. The largest absolute Gasteiger partial charge is 0.451 e. The molecule has 1 aromatic heterocycles. The third-order valence-corrected chi connectivity index (χ3v) is 2.52. The monoisotopic (exact) mass is 206 g/mol. The van der Waals surface area contributed by atoms with Gasteiger partial charge in [0.2, 0.25) is 0 Å². The smallest absolute Gasteiger partial charge is 0.285 e. The third-order valence-electron chi connectivity index (χ3n) is 2.52. The van der Waals surface area contributed by atoms with Crippen LogP contribution in [-0.2, 0) is 6.42 Å². The van der Waals surface area contributed by atoms with Crippen molar-refractivity contribution in [3.05, 3.63) is 23.5 Å². The van der Waals surface area contributed by atoms with Crippen molar-refractivity contribution in [2.75, 3.05) is 5.73 Å². The first-order valence-corrected chi connectivity index (χ1v) is 5.48. The lowest BCUT2D eigenvalue weighted by Crippen LogP contribution is -2.04. The Morgan fingerprint density at radius 1 is 1.47 bits per heavy atom. The molecule has 1 heterocycles. The first-order chi connectivity index (χ1) is 7.09. The number of unbranched alkanes of at least 4 members (excludes halogenated alkanes) is 1. The Morgan fingerprint density at radius 2 is 2.20 bits per heavy atom. The van der Waals surface area contributed by atoms with E-state index < -0.39 is 0 Å². The molecule has 15 heavy (non-hydrogen) atoms. The number of anilines is 1. The number of hydrogen-bond donors (Lipinski definition) is 2. The second-order valence-corrected chi connectivity index (χ2v) is 4.11. The minimum absolute atomic E-state index is 0.189. The number of rotatable bonds is 5. The number of aromatic nitrogens is 1. The van der Waals surface area contributed by atoms with Crippen LogP contribution in [0.3, 0.4) is 0 Å². The lowest BCUT2D eigenvalue weighted by Gasteiger charge is -2.04. The van der Waals surface area contributed by atoms with E-state index in [1.165, 1.54) is 5.56 Å². The van der Waals surface area contributed by atoms with Crippen LogP contribution < -0.4 is 5.73 Å². The molecule has 3 N–H and O–H groups in total. The fourth-order valence-corrected chi connectivity index (χ4v) is 1.50. The van der Waals surface area contributed by atoms with Crippen LogP contribution in [0.1, 0.15) is 24.1 Å². The van der Waals surface area contributed by atoms with E-state index in [4.69, 9.17) is 10.8 Å². The molecule has 0 aromatic carbocycles. The molecule has 4 heteroatoms. The van der Waals surface area contributed by atoms with E-state index in [-0.39, 0.29) is 6.92 Å². The van der Waals surface area contributed by atoms with Gasteiger partial charge in [-0.3, -0.25) is 4.98 Å². The summed E-state index contributed by atoms with van der Waals surface area (Å²) in [6.45, 7) is 3.55. The molecule has 0 bridgehead atoms. The quantitative estimate of drug-likeness (QED) is 0.571. The normalized spacial score (nSPS) is 10.3. The van der Waals surface area contributed by atoms with Crippen LogP contribution in [0.4, 0.5) is 5.69 Å². The highest BCUT2D eigenvalue weighted by molar-refractivity contribution is 6.48. The van der Waals surface area contributed by atoms with E-state index in [0.29, 0.717) is 0 Å². The molecule has 0 atom stereocenters. The number of nitrogens with zero attached hydrogens (tertiary/aromatic N) is 1. The Labute approximate surface area is 91.8 Å². The van der Waals surface area contributed by atoms with Gasteiger partial charge in [-0.05, 0) is 37.7 Å². The highest BCUT2D eigenvalue weighted by atomic mass is 16.2. The van der Waals surface area contributed by atoms with Crippen LogP contribution in [0, 0.1) is 6.92 Å². The summed E-state index contributed by atoms with van der Waals surface area (Å²) in [4.78, 5) is 4.22. The fourth-order valence-electron chi connectivity index (χ4n) is 1.50. The Bertz CT molecular complexity index is 315. The predicted octanol–water partition coefficient (Wildman–Crippen LogP) is 1.91. The SMILES string of the molecule is CB(O)CCCCc1cnc(C)c(N)c1. The lowest BCUT2D eigenvalue weighted by molar-refractivity contribution is 0.569. The van der Waals surface area contributed by atoms with Crippen LogP contribution in [0.15, 0.2) is 12.3 Å². The van der Waals surface area contributed by atoms with Gasteiger partial charge in [-0.1, -0.05) is 13.2 Å². The van der Waals surface area contributed by atoms with Gasteiger partial charge in [-0.2, -0.15) is 0 Å². The first kappa shape index (κ1) is 12.0. The van der Waals surface area contributed by atoms with E-state index in [9.17, 15) is 0 Å². The van der Waals surface area contributed by atoms with Gasteiger partial charge in [0.05, 0.1) is 11.4 Å². The van der Waals surface area contributed by atoms with Crippen molar-refractivity contribution in [1.82, 2.24) is 4.98 Å². The summed E-state index contributed by atoms with van der Waals surface area (Å²) < 4.78 is 0. The van der Waals surface area contributed by atoms with Crippen molar-refractivity contribution >= 4 is 12.6 Å². The maximum absolute atomic E-state index is 9.10. The number of nitrogens with two attached hydrogens (primary N) is 1. The standard InChI is InChI=1S/C11H19BN2O/c1-9-11(13)7-10(8-14-9)5-3-4-6-12(2)15/h7-8,15H,3-6,13H2,1-2H3. The topological polar surface area (TPSA) is 59.1 Å². The van der Waals surface area contributed by atoms with Crippen LogP contribution in [0.25, 0.3) is 0 Å². The Kier molecular flexibility index (Phi) is 4.62. The molecule has 0 aliphatic heterocycles. The molecule has 0 aliphatic carbocycles. The second-order valence-electron chi connectivity index (χ2n) is 4.11. The maximum atomic E-state index is 9.10. The molecule has 0 aliphatic rings. The molecule has 1 rings (SSSR count). The van der Waals surface area contributed by atoms with Gasteiger partial charge in [0.15, 0.2) is 0 Å². The summed E-state index contributed by atoms with van der Waals surface area (Å²) in [5.74, 6) is 0. The minimum atomic E-state index is -0.189. The van der Waals surface area contributed by atoms with Crippen LogP contribution in [-0.4, -0.2) is 16.9 Å². The van der Waals surface area contributed by atoms with E-state index in [0.717, 1.165) is 37.0 Å². The van der Waals surface area contributed by atoms with Crippen molar-refractivity contribution in [1.29, 1.82) is 0 Å². The summed E-state index contributed by atoms with van der Waals surface area (Å²) >= 11 is 0. The highest BCUT2D eigenvalue weighted by Crippen LogP contribution is 2.12. The fraction of sp³-hybridized carbons (Fsp3) is 0.545. The summed E-state index contributed by atoms with van der Waals surface area (Å²) in [6, 6.07) is 1.99. The molecular formula is C11H19BN2O. The molecule has 0 spiro atoms. The molecular weight excluding hydrogens is 187 g/mol. The summed E-state index contributed by atoms with van der Waals surface area (Å²) in [5.41, 5.74) is 8.61. The third kappa shape index (κ3) is 4.34. The van der Waals surface area contributed by atoms with Gasteiger partial charge in [0, 0.05) is 6.20 Å². The van der Waals surface area contributed by atoms with Crippen LogP contribution in [0.2, 0.25) is 13.1 Å². The van der Waals surface area contributed by atoms with E-state index >= 15 is 0 Å². The Balaban J connectivity index is 2.35. The van der Waals surface area contributed by atoms with Gasteiger partial charge in [-0.25, -0.2) is 0 Å². The number of aryl methyl sites for hydroxylation is 2. The number of pyridine rings is 1. The molecule has 0 amide bonds.